The summed E-state index contributed by atoms with van der Waals surface area (Å²) in [5.74, 6) is 0.00315. The SMILES string of the molecule is CN=C(NCc1cccc(C(N)=O)c1)NC1CCN(CC(F)(F)F)C1.I. The van der Waals surface area contributed by atoms with Crippen LogP contribution in [0.4, 0.5) is 13.2 Å². The van der Waals surface area contributed by atoms with E-state index in [9.17, 15) is 18.0 Å². The van der Waals surface area contributed by atoms with Crippen LogP contribution in [0.3, 0.4) is 0 Å². The zero-order chi connectivity index (χ0) is 18.4. The molecule has 1 aromatic carbocycles. The Morgan fingerprint density at radius 1 is 1.42 bits per heavy atom. The van der Waals surface area contributed by atoms with Crippen molar-refractivity contribution in [2.45, 2.75) is 25.2 Å². The molecule has 0 aliphatic carbocycles. The number of hydrogen-bond donors (Lipinski definition) is 3. The van der Waals surface area contributed by atoms with Crippen molar-refractivity contribution >= 4 is 35.8 Å². The van der Waals surface area contributed by atoms with Crippen LogP contribution in [-0.2, 0) is 6.54 Å². The average molecular weight is 485 g/mol. The fraction of sp³-hybridized carbons (Fsp3) is 0.500. The number of nitrogens with zero attached hydrogens (tertiary/aromatic N) is 2. The maximum absolute atomic E-state index is 12.4. The normalized spacial score (nSPS) is 18.3. The van der Waals surface area contributed by atoms with Crippen LogP contribution in [0.5, 0.6) is 0 Å². The molecule has 4 N–H and O–H groups in total. The highest BCUT2D eigenvalue weighted by Gasteiger charge is 2.34. The summed E-state index contributed by atoms with van der Waals surface area (Å²) in [4.78, 5) is 16.7. The number of amides is 1. The first kappa shape index (κ1) is 22.5. The lowest BCUT2D eigenvalue weighted by Gasteiger charge is -2.20. The number of nitrogens with one attached hydrogen (secondary N) is 2. The number of carbonyl (C=O) groups excluding carboxylic acids is 1. The molecule has 10 heteroatoms. The fourth-order valence-electron chi connectivity index (χ4n) is 2.76. The number of benzene rings is 1. The second kappa shape index (κ2) is 9.95. The molecule has 1 aromatic rings. The van der Waals surface area contributed by atoms with Crippen molar-refractivity contribution in [3.8, 4) is 0 Å². The molecule has 146 valence electrons. The highest BCUT2D eigenvalue weighted by atomic mass is 127. The number of carbonyl (C=O) groups is 1. The molecule has 2 rings (SSSR count). The average Bonchev–Trinajstić information content (AvgIpc) is 2.96. The molecule has 1 amide bonds. The topological polar surface area (TPSA) is 82.7 Å². The first-order valence-electron chi connectivity index (χ1n) is 7.92. The van der Waals surface area contributed by atoms with Gasteiger partial charge >= 0.3 is 6.18 Å². The first-order chi connectivity index (χ1) is 11.8. The minimum Gasteiger partial charge on any atom is -0.366 e. The fourth-order valence-corrected chi connectivity index (χ4v) is 2.76. The monoisotopic (exact) mass is 485 g/mol. The van der Waals surface area contributed by atoms with Crippen LogP contribution < -0.4 is 16.4 Å². The minimum absolute atomic E-state index is 0. The second-order valence-corrected chi connectivity index (χ2v) is 5.97. The lowest BCUT2D eigenvalue weighted by molar-refractivity contribution is -0.143. The van der Waals surface area contributed by atoms with Gasteiger partial charge in [-0.2, -0.15) is 13.2 Å². The molecule has 1 aliphatic heterocycles. The highest BCUT2D eigenvalue weighted by Crippen LogP contribution is 2.19. The number of aliphatic imine (C=N–C) groups is 1. The van der Waals surface area contributed by atoms with Gasteiger partial charge in [0.05, 0.1) is 6.54 Å². The lowest BCUT2D eigenvalue weighted by Crippen LogP contribution is -2.44. The van der Waals surface area contributed by atoms with Crippen LogP contribution in [0.2, 0.25) is 0 Å². The summed E-state index contributed by atoms with van der Waals surface area (Å²) in [6.07, 6.45) is -3.56. The largest absolute Gasteiger partial charge is 0.401 e. The van der Waals surface area contributed by atoms with Gasteiger partial charge in [0.25, 0.3) is 0 Å². The van der Waals surface area contributed by atoms with E-state index >= 15 is 0 Å². The Labute approximate surface area is 167 Å². The predicted octanol–water partition coefficient (Wildman–Crippen LogP) is 1.71. The molecular weight excluding hydrogens is 462 g/mol. The molecule has 0 radical (unpaired) electrons. The van der Waals surface area contributed by atoms with Gasteiger partial charge in [-0.25, -0.2) is 0 Å². The molecule has 0 bridgehead atoms. The molecule has 1 atom stereocenters. The van der Waals surface area contributed by atoms with Crippen LogP contribution in [0.15, 0.2) is 29.3 Å². The van der Waals surface area contributed by atoms with E-state index in [1.165, 1.54) is 4.90 Å². The van der Waals surface area contributed by atoms with Gasteiger partial charge in [-0.3, -0.25) is 14.7 Å². The molecule has 6 nitrogen and oxygen atoms in total. The van der Waals surface area contributed by atoms with Gasteiger partial charge in [0.15, 0.2) is 5.96 Å². The second-order valence-electron chi connectivity index (χ2n) is 5.97. The van der Waals surface area contributed by atoms with Crippen LogP contribution in [-0.4, -0.2) is 55.7 Å². The summed E-state index contributed by atoms with van der Waals surface area (Å²) in [6, 6.07) is 6.80. The van der Waals surface area contributed by atoms with Crippen molar-refractivity contribution in [3.05, 3.63) is 35.4 Å². The van der Waals surface area contributed by atoms with E-state index < -0.39 is 18.6 Å². The van der Waals surface area contributed by atoms with E-state index in [0.29, 0.717) is 37.6 Å². The van der Waals surface area contributed by atoms with Gasteiger partial charge in [0, 0.05) is 38.3 Å². The van der Waals surface area contributed by atoms with Crippen LogP contribution >= 0.6 is 24.0 Å². The molecule has 1 heterocycles. The van der Waals surface area contributed by atoms with Crippen molar-refractivity contribution in [1.29, 1.82) is 0 Å². The number of nitrogens with two attached hydrogens (primary N) is 1. The zero-order valence-corrected chi connectivity index (χ0v) is 16.7. The summed E-state index contributed by atoms with van der Waals surface area (Å²) in [7, 11) is 1.59. The van der Waals surface area contributed by atoms with Gasteiger partial charge in [-0.1, -0.05) is 12.1 Å². The van der Waals surface area contributed by atoms with Gasteiger partial charge in [0.2, 0.25) is 5.91 Å². The van der Waals surface area contributed by atoms with E-state index in [1.54, 1.807) is 25.2 Å². The molecule has 1 aliphatic rings. The van der Waals surface area contributed by atoms with Gasteiger partial charge < -0.3 is 16.4 Å². The molecular formula is C16H23F3IN5O. The number of rotatable bonds is 5. The summed E-state index contributed by atoms with van der Waals surface area (Å²) in [6.45, 7) is 0.239. The highest BCUT2D eigenvalue weighted by molar-refractivity contribution is 14.0. The molecule has 0 spiro atoms. The number of guanidine groups is 1. The summed E-state index contributed by atoms with van der Waals surface area (Å²) in [5.41, 5.74) is 6.52. The Hall–Kier alpha value is -1.56. The third-order valence-corrected chi connectivity index (χ3v) is 3.91. The minimum atomic E-state index is -4.18. The maximum Gasteiger partial charge on any atom is 0.401 e. The lowest BCUT2D eigenvalue weighted by atomic mass is 10.1. The predicted molar refractivity (Wildman–Crippen MR) is 105 cm³/mol. The number of primary amides is 1. The summed E-state index contributed by atoms with van der Waals surface area (Å²) >= 11 is 0. The zero-order valence-electron chi connectivity index (χ0n) is 14.3. The Balaban J connectivity index is 0.00000338. The maximum atomic E-state index is 12.4. The van der Waals surface area contributed by atoms with Gasteiger partial charge in [-0.15, -0.1) is 24.0 Å². The first-order valence-corrected chi connectivity index (χ1v) is 7.92. The van der Waals surface area contributed by atoms with Crippen molar-refractivity contribution in [2.24, 2.45) is 10.7 Å². The van der Waals surface area contributed by atoms with Crippen LogP contribution in [0.1, 0.15) is 22.3 Å². The molecule has 26 heavy (non-hydrogen) atoms. The van der Waals surface area contributed by atoms with Crippen molar-refractivity contribution in [3.63, 3.8) is 0 Å². The number of alkyl halides is 3. The number of hydrogen-bond acceptors (Lipinski definition) is 3. The van der Waals surface area contributed by atoms with E-state index in [0.717, 1.165) is 5.56 Å². The van der Waals surface area contributed by atoms with Crippen LogP contribution in [0.25, 0.3) is 0 Å². The van der Waals surface area contributed by atoms with Gasteiger partial charge in [-0.05, 0) is 24.1 Å². The van der Waals surface area contributed by atoms with Gasteiger partial charge in [0.1, 0.15) is 0 Å². The smallest absolute Gasteiger partial charge is 0.366 e. The number of halogens is 4. The number of likely N-dealkylation sites (tertiary alicyclic amines) is 1. The third-order valence-electron chi connectivity index (χ3n) is 3.91. The third kappa shape index (κ3) is 7.36. The quantitative estimate of drug-likeness (QED) is 0.337. The Morgan fingerprint density at radius 3 is 2.77 bits per heavy atom. The summed E-state index contributed by atoms with van der Waals surface area (Å²) in [5, 5.41) is 6.22. The standard InChI is InChI=1S/C16H22F3N5O.HI/c1-21-15(22-8-11-3-2-4-12(7-11)14(20)25)23-13-5-6-24(9-13)10-16(17,18)19;/h2-4,7,13H,5-6,8-10H2,1H3,(H2,20,25)(H2,21,22,23);1H. The Bertz CT molecular complexity index is 639. The molecule has 0 aromatic heterocycles. The van der Waals surface area contributed by atoms with Crippen molar-refractivity contribution < 1.29 is 18.0 Å². The Morgan fingerprint density at radius 2 is 2.15 bits per heavy atom. The van der Waals surface area contributed by atoms with Crippen LogP contribution in [0, 0.1) is 0 Å². The van der Waals surface area contributed by atoms with Crippen molar-refractivity contribution in [1.82, 2.24) is 15.5 Å². The van der Waals surface area contributed by atoms with Crippen molar-refractivity contribution in [2.75, 3.05) is 26.7 Å². The Kier molecular flexibility index (Phi) is 8.60. The van der Waals surface area contributed by atoms with E-state index in [1.807, 2.05) is 6.07 Å². The van der Waals surface area contributed by atoms with E-state index in [4.69, 9.17) is 5.73 Å². The van der Waals surface area contributed by atoms with E-state index in [-0.39, 0.29) is 30.0 Å². The molecule has 1 saturated heterocycles. The molecule has 1 fully saturated rings. The van der Waals surface area contributed by atoms with E-state index in [2.05, 4.69) is 15.6 Å². The molecule has 0 saturated carbocycles. The summed E-state index contributed by atoms with van der Waals surface area (Å²) < 4.78 is 37.3. The molecule has 1 unspecified atom stereocenters.